The first kappa shape index (κ1) is 27.6. The van der Waals surface area contributed by atoms with E-state index in [9.17, 15) is 8.78 Å². The molecule has 0 bridgehead atoms. The number of aromatic nitrogens is 1. The zero-order chi connectivity index (χ0) is 24.1. The Hall–Kier alpha value is -2.46. The Kier molecular flexibility index (Phi) is 12.6. The highest BCUT2D eigenvalue weighted by Gasteiger charge is 2.08. The normalized spacial score (nSPS) is 13.0. The van der Waals surface area contributed by atoms with Crippen LogP contribution < -0.4 is 5.32 Å². The summed E-state index contributed by atoms with van der Waals surface area (Å²) in [6, 6.07) is 12.1. The zero-order valence-corrected chi connectivity index (χ0v) is 20.4. The Labute approximate surface area is 193 Å². The largest absolute Gasteiger partial charge is 0.352 e. The van der Waals surface area contributed by atoms with Gasteiger partial charge in [0.15, 0.2) is 0 Å². The van der Waals surface area contributed by atoms with E-state index in [-0.39, 0.29) is 11.6 Å². The van der Waals surface area contributed by atoms with Gasteiger partial charge in [0.1, 0.15) is 11.6 Å². The first-order chi connectivity index (χ1) is 15.3. The smallest absolute Gasteiger partial charge is 0.147 e. The van der Waals surface area contributed by atoms with Crippen LogP contribution in [0.3, 0.4) is 0 Å². The highest BCUT2D eigenvalue weighted by atomic mass is 19.1. The van der Waals surface area contributed by atoms with Gasteiger partial charge in [0.25, 0.3) is 0 Å². The van der Waals surface area contributed by atoms with Gasteiger partial charge in [0.2, 0.25) is 0 Å². The van der Waals surface area contributed by atoms with Gasteiger partial charge in [0.05, 0.1) is 5.52 Å². The van der Waals surface area contributed by atoms with Crippen molar-refractivity contribution >= 4 is 10.9 Å². The number of hydrogen-bond donors (Lipinski definition) is 2. The third-order valence-corrected chi connectivity index (χ3v) is 5.60. The average Bonchev–Trinajstić information content (AvgIpc) is 3.14. The molecule has 3 aromatic rings. The number of aryl methyl sites for hydroxylation is 1. The van der Waals surface area contributed by atoms with Gasteiger partial charge in [-0.15, -0.1) is 13.2 Å². The second-order valence-corrected chi connectivity index (χ2v) is 8.36. The first-order valence-corrected chi connectivity index (χ1v) is 11.6. The van der Waals surface area contributed by atoms with Crippen LogP contribution in [0.1, 0.15) is 58.4 Å². The molecule has 2 N–H and O–H groups in total. The van der Waals surface area contributed by atoms with Crippen LogP contribution in [0.4, 0.5) is 8.78 Å². The minimum Gasteiger partial charge on any atom is -0.352 e. The monoisotopic (exact) mass is 442 g/mol. The molecule has 1 aliphatic rings. The quantitative estimate of drug-likeness (QED) is 0.390. The maximum atomic E-state index is 13.7. The van der Waals surface area contributed by atoms with Crippen molar-refractivity contribution in [3.05, 3.63) is 72.8 Å². The summed E-state index contributed by atoms with van der Waals surface area (Å²) in [5.41, 5.74) is 2.99. The fourth-order valence-electron chi connectivity index (χ4n) is 3.38. The van der Waals surface area contributed by atoms with Crippen LogP contribution in [-0.4, -0.2) is 18.1 Å². The minimum atomic E-state index is -0.281. The van der Waals surface area contributed by atoms with E-state index in [1.807, 2.05) is 26.1 Å². The lowest BCUT2D eigenvalue weighted by Gasteiger charge is -2.16. The standard InChI is InChI=1S/C15H11F2N.C7H17N.C4H8.C2H4/c1-9-6-11-8-14(18-15(11)13(17)7-9)10-2-4-12(16)5-3-10;1-5-7(8-4)6(2)3;1-2-4-3-1;1-2/h2-8,18H,1H3;6-8H,5H2,1-4H3;1-4H2;1-2H2. The summed E-state index contributed by atoms with van der Waals surface area (Å²) in [4.78, 5) is 3.03. The number of H-pyrrole nitrogens is 1. The lowest BCUT2D eigenvalue weighted by Crippen LogP contribution is -2.29. The SMILES string of the molecule is C1CCC1.C=C.CCC(NC)C(C)C.Cc1cc(F)c2[nH]c(-c3ccc(F)cc3)cc2c1. The van der Waals surface area contributed by atoms with Crippen LogP contribution in [0.15, 0.2) is 55.6 Å². The molecule has 4 rings (SSSR count). The fraction of sp³-hybridized carbons (Fsp3) is 0.429. The van der Waals surface area contributed by atoms with Gasteiger partial charge in [-0.1, -0.05) is 46.5 Å². The Morgan fingerprint density at radius 2 is 1.53 bits per heavy atom. The summed E-state index contributed by atoms with van der Waals surface area (Å²) in [5.74, 6) is 0.222. The summed E-state index contributed by atoms with van der Waals surface area (Å²) < 4.78 is 26.6. The van der Waals surface area contributed by atoms with Gasteiger partial charge in [0, 0.05) is 17.1 Å². The Morgan fingerprint density at radius 3 is 1.94 bits per heavy atom. The Morgan fingerprint density at radius 1 is 0.969 bits per heavy atom. The molecule has 32 heavy (non-hydrogen) atoms. The maximum Gasteiger partial charge on any atom is 0.147 e. The van der Waals surface area contributed by atoms with Gasteiger partial charge in [-0.2, -0.15) is 0 Å². The molecule has 1 unspecified atom stereocenters. The highest BCUT2D eigenvalue weighted by Crippen LogP contribution is 2.26. The van der Waals surface area contributed by atoms with E-state index in [2.05, 4.69) is 44.2 Å². The molecule has 4 heteroatoms. The summed E-state index contributed by atoms with van der Waals surface area (Å²) in [5, 5.41) is 4.08. The van der Waals surface area contributed by atoms with Gasteiger partial charge >= 0.3 is 0 Å². The van der Waals surface area contributed by atoms with Crippen molar-refractivity contribution in [3.8, 4) is 11.3 Å². The van der Waals surface area contributed by atoms with E-state index >= 15 is 0 Å². The van der Waals surface area contributed by atoms with Gasteiger partial charge in [-0.3, -0.25) is 0 Å². The number of benzene rings is 2. The highest BCUT2D eigenvalue weighted by molar-refractivity contribution is 5.86. The molecule has 0 radical (unpaired) electrons. The summed E-state index contributed by atoms with van der Waals surface area (Å²) in [6.45, 7) is 14.5. The molecular weight excluding hydrogens is 402 g/mol. The van der Waals surface area contributed by atoms with Crippen LogP contribution in [0.2, 0.25) is 0 Å². The van der Waals surface area contributed by atoms with Gasteiger partial charge < -0.3 is 10.3 Å². The van der Waals surface area contributed by atoms with E-state index in [0.717, 1.165) is 28.1 Å². The van der Waals surface area contributed by atoms with E-state index in [1.54, 1.807) is 12.1 Å². The van der Waals surface area contributed by atoms with Crippen molar-refractivity contribution in [3.63, 3.8) is 0 Å². The Balaban J connectivity index is 0.000000303. The van der Waals surface area contributed by atoms with Crippen LogP contribution in [0.25, 0.3) is 22.2 Å². The number of fused-ring (bicyclic) bond motifs is 1. The first-order valence-electron chi connectivity index (χ1n) is 11.6. The lowest BCUT2D eigenvalue weighted by molar-refractivity contribution is 0.416. The predicted molar refractivity (Wildman–Crippen MR) is 136 cm³/mol. The maximum absolute atomic E-state index is 13.7. The molecule has 176 valence electrons. The lowest BCUT2D eigenvalue weighted by atomic mass is 10.0. The van der Waals surface area contributed by atoms with Crippen LogP contribution in [0, 0.1) is 24.5 Å². The summed E-state index contributed by atoms with van der Waals surface area (Å²) >= 11 is 0. The number of hydrogen-bond acceptors (Lipinski definition) is 1. The molecule has 2 nitrogen and oxygen atoms in total. The number of nitrogens with one attached hydrogen (secondary N) is 2. The van der Waals surface area contributed by atoms with Crippen LogP contribution in [-0.2, 0) is 0 Å². The topological polar surface area (TPSA) is 27.8 Å². The molecule has 0 aliphatic heterocycles. The van der Waals surface area contributed by atoms with Gasteiger partial charge in [-0.25, -0.2) is 8.78 Å². The van der Waals surface area contributed by atoms with E-state index in [4.69, 9.17) is 0 Å². The average molecular weight is 443 g/mol. The van der Waals surface area contributed by atoms with Crippen molar-refractivity contribution < 1.29 is 8.78 Å². The molecule has 1 aromatic heterocycles. The molecule has 1 atom stereocenters. The van der Waals surface area contributed by atoms with Crippen LogP contribution >= 0.6 is 0 Å². The van der Waals surface area contributed by atoms with Crippen molar-refractivity contribution in [2.75, 3.05) is 7.05 Å². The van der Waals surface area contributed by atoms with Crippen LogP contribution in [0.5, 0.6) is 0 Å². The second kappa shape index (κ2) is 14.6. The molecular formula is C28H40F2N2. The van der Waals surface area contributed by atoms with Crippen molar-refractivity contribution in [1.82, 2.24) is 10.3 Å². The second-order valence-electron chi connectivity index (χ2n) is 8.36. The molecule has 1 heterocycles. The third-order valence-electron chi connectivity index (χ3n) is 5.60. The number of rotatable bonds is 4. The number of halogens is 2. The zero-order valence-electron chi connectivity index (χ0n) is 20.4. The predicted octanol–water partition coefficient (Wildman–Crippen LogP) is 8.42. The minimum absolute atomic E-state index is 0.265. The molecule has 0 saturated heterocycles. The van der Waals surface area contributed by atoms with Crippen molar-refractivity contribution in [2.45, 2.75) is 65.8 Å². The Bertz CT molecular complexity index is 901. The van der Waals surface area contributed by atoms with Crippen molar-refractivity contribution in [2.24, 2.45) is 5.92 Å². The molecule has 2 aromatic carbocycles. The number of aromatic amines is 1. The molecule has 0 amide bonds. The van der Waals surface area contributed by atoms with Crippen molar-refractivity contribution in [1.29, 1.82) is 0 Å². The molecule has 1 aliphatic carbocycles. The van der Waals surface area contributed by atoms with E-state index in [1.165, 1.54) is 50.3 Å². The third kappa shape index (κ3) is 8.58. The van der Waals surface area contributed by atoms with Gasteiger partial charge in [-0.05, 0) is 79.9 Å². The fourth-order valence-corrected chi connectivity index (χ4v) is 3.38. The molecule has 0 spiro atoms. The molecule has 1 fully saturated rings. The van der Waals surface area contributed by atoms with E-state index < -0.39 is 0 Å². The summed E-state index contributed by atoms with van der Waals surface area (Å²) in [7, 11) is 2.02. The van der Waals surface area contributed by atoms with E-state index in [0.29, 0.717) is 11.6 Å². The summed E-state index contributed by atoms with van der Waals surface area (Å²) in [6.07, 6.45) is 7.23. The molecule has 1 saturated carbocycles.